The van der Waals surface area contributed by atoms with E-state index in [1.54, 1.807) is 0 Å². The molecule has 1 fully saturated rings. The zero-order chi connectivity index (χ0) is 13.4. The molecule has 6 heteroatoms. The molecule has 1 N–H and O–H groups in total. The first-order valence-corrected chi connectivity index (χ1v) is 8.11. The highest BCUT2D eigenvalue weighted by atomic mass is 79.9. The van der Waals surface area contributed by atoms with Crippen molar-refractivity contribution in [2.45, 2.75) is 31.1 Å². The first-order chi connectivity index (χ1) is 8.38. The molecule has 0 aromatic heterocycles. The fraction of sp³-hybridized carbons (Fsp3) is 0.500. The van der Waals surface area contributed by atoms with Gasteiger partial charge < -0.3 is 0 Å². The van der Waals surface area contributed by atoms with Crippen molar-refractivity contribution in [2.75, 3.05) is 6.54 Å². The standard InChI is InChI=1S/C12H15BrFNO2S/c1-2-12(5-6-12)8-15-18(16,17)9-3-4-10(13)11(14)7-9/h3-4,7,15H,2,5-6,8H2,1H3. The second-order valence-corrected chi connectivity index (χ2v) is 7.38. The summed E-state index contributed by atoms with van der Waals surface area (Å²) in [6.07, 6.45) is 3.08. The molecule has 0 radical (unpaired) electrons. The first-order valence-electron chi connectivity index (χ1n) is 5.83. The van der Waals surface area contributed by atoms with Crippen LogP contribution in [-0.2, 0) is 10.0 Å². The molecule has 2 rings (SSSR count). The van der Waals surface area contributed by atoms with Crippen molar-refractivity contribution in [2.24, 2.45) is 5.41 Å². The molecule has 1 aliphatic carbocycles. The maximum atomic E-state index is 13.3. The Labute approximate surface area is 115 Å². The van der Waals surface area contributed by atoms with E-state index >= 15 is 0 Å². The summed E-state index contributed by atoms with van der Waals surface area (Å²) in [4.78, 5) is -0.0323. The molecule has 0 aliphatic heterocycles. The van der Waals surface area contributed by atoms with Gasteiger partial charge in [-0.15, -0.1) is 0 Å². The molecule has 1 aromatic rings. The van der Waals surface area contributed by atoms with E-state index in [-0.39, 0.29) is 14.8 Å². The van der Waals surface area contributed by atoms with Crippen molar-refractivity contribution in [3.05, 3.63) is 28.5 Å². The van der Waals surface area contributed by atoms with E-state index in [9.17, 15) is 12.8 Å². The van der Waals surface area contributed by atoms with E-state index in [1.807, 2.05) is 0 Å². The van der Waals surface area contributed by atoms with Crippen LogP contribution in [0.5, 0.6) is 0 Å². The van der Waals surface area contributed by atoms with Crippen LogP contribution in [-0.4, -0.2) is 15.0 Å². The van der Waals surface area contributed by atoms with Crippen LogP contribution in [0.15, 0.2) is 27.6 Å². The van der Waals surface area contributed by atoms with Crippen molar-refractivity contribution < 1.29 is 12.8 Å². The summed E-state index contributed by atoms with van der Waals surface area (Å²) in [7, 11) is -3.61. The van der Waals surface area contributed by atoms with Crippen LogP contribution >= 0.6 is 15.9 Å². The van der Waals surface area contributed by atoms with Crippen LogP contribution in [0.3, 0.4) is 0 Å². The molecule has 3 nitrogen and oxygen atoms in total. The lowest BCUT2D eigenvalue weighted by atomic mass is 10.1. The number of hydrogen-bond donors (Lipinski definition) is 1. The third kappa shape index (κ3) is 2.92. The molecule has 1 saturated carbocycles. The molecule has 0 spiro atoms. The van der Waals surface area contributed by atoms with Gasteiger partial charge in [0.15, 0.2) is 0 Å². The van der Waals surface area contributed by atoms with Crippen LogP contribution in [0, 0.1) is 11.2 Å². The minimum absolute atomic E-state index is 0.0323. The van der Waals surface area contributed by atoms with Crippen LogP contribution < -0.4 is 4.72 Å². The summed E-state index contributed by atoms with van der Waals surface area (Å²) in [5.41, 5.74) is 0.126. The Bertz CT molecular complexity index is 555. The number of nitrogens with one attached hydrogen (secondary N) is 1. The molecular weight excluding hydrogens is 321 g/mol. The van der Waals surface area contributed by atoms with Crippen molar-refractivity contribution in [1.82, 2.24) is 4.72 Å². The average molecular weight is 336 g/mol. The summed E-state index contributed by atoms with van der Waals surface area (Å²) in [6.45, 7) is 2.49. The Morgan fingerprint density at radius 1 is 1.44 bits per heavy atom. The quantitative estimate of drug-likeness (QED) is 0.898. The molecule has 1 aliphatic rings. The summed E-state index contributed by atoms with van der Waals surface area (Å²) in [5.74, 6) is -0.575. The second-order valence-electron chi connectivity index (χ2n) is 4.75. The smallest absolute Gasteiger partial charge is 0.211 e. The van der Waals surface area contributed by atoms with E-state index in [2.05, 4.69) is 27.6 Å². The van der Waals surface area contributed by atoms with Crippen LogP contribution in [0.2, 0.25) is 0 Å². The Balaban J connectivity index is 2.13. The lowest BCUT2D eigenvalue weighted by Gasteiger charge is -2.13. The Hall–Kier alpha value is -0.460. The van der Waals surface area contributed by atoms with E-state index < -0.39 is 15.8 Å². The Morgan fingerprint density at radius 2 is 2.11 bits per heavy atom. The Kier molecular flexibility index (Phi) is 3.80. The predicted molar refractivity (Wildman–Crippen MR) is 71.2 cm³/mol. The van der Waals surface area contributed by atoms with Gasteiger partial charge in [-0.25, -0.2) is 17.5 Å². The number of hydrogen-bond acceptors (Lipinski definition) is 2. The summed E-state index contributed by atoms with van der Waals surface area (Å²) < 4.78 is 40.1. The van der Waals surface area contributed by atoms with E-state index in [0.717, 1.165) is 25.3 Å². The van der Waals surface area contributed by atoms with Crippen LogP contribution in [0.4, 0.5) is 4.39 Å². The normalized spacial score (nSPS) is 17.7. The minimum atomic E-state index is -3.61. The van der Waals surface area contributed by atoms with Gasteiger partial charge in [-0.3, -0.25) is 0 Å². The first kappa shape index (κ1) is 14.0. The average Bonchev–Trinajstić information content (AvgIpc) is 3.11. The lowest BCUT2D eigenvalue weighted by Crippen LogP contribution is -2.30. The fourth-order valence-corrected chi connectivity index (χ4v) is 3.22. The van der Waals surface area contributed by atoms with Crippen LogP contribution in [0.25, 0.3) is 0 Å². The fourth-order valence-electron chi connectivity index (χ4n) is 1.81. The van der Waals surface area contributed by atoms with Gasteiger partial charge in [-0.2, -0.15) is 0 Å². The molecular formula is C12H15BrFNO2S. The third-order valence-corrected chi connectivity index (χ3v) is 5.59. The highest BCUT2D eigenvalue weighted by Gasteiger charge is 2.41. The summed E-state index contributed by atoms with van der Waals surface area (Å²) >= 11 is 3.00. The number of sulfonamides is 1. The topological polar surface area (TPSA) is 46.2 Å². The Morgan fingerprint density at radius 3 is 2.61 bits per heavy atom. The van der Waals surface area contributed by atoms with Crippen molar-refractivity contribution in [3.8, 4) is 0 Å². The van der Waals surface area contributed by atoms with Crippen LogP contribution in [0.1, 0.15) is 26.2 Å². The maximum Gasteiger partial charge on any atom is 0.240 e. The predicted octanol–water partition coefficient (Wildman–Crippen LogP) is 3.06. The highest BCUT2D eigenvalue weighted by molar-refractivity contribution is 9.10. The molecule has 1 aromatic carbocycles. The van der Waals surface area contributed by atoms with Gasteiger partial charge in [-0.1, -0.05) is 6.92 Å². The highest BCUT2D eigenvalue weighted by Crippen LogP contribution is 2.48. The van der Waals surface area contributed by atoms with Crippen molar-refractivity contribution >= 4 is 26.0 Å². The van der Waals surface area contributed by atoms with Crippen molar-refractivity contribution in [3.63, 3.8) is 0 Å². The van der Waals surface area contributed by atoms with Gasteiger partial charge in [0.05, 0.1) is 9.37 Å². The molecule has 0 atom stereocenters. The molecule has 0 amide bonds. The molecule has 0 heterocycles. The van der Waals surface area contributed by atoms with Gasteiger partial charge in [0.25, 0.3) is 0 Å². The van der Waals surface area contributed by atoms with Gasteiger partial charge >= 0.3 is 0 Å². The zero-order valence-corrected chi connectivity index (χ0v) is 12.4. The molecule has 0 saturated heterocycles. The summed E-state index contributed by atoms with van der Waals surface area (Å²) in [5, 5.41) is 0. The number of halogens is 2. The molecule has 0 unspecified atom stereocenters. The van der Waals surface area contributed by atoms with E-state index in [0.29, 0.717) is 6.54 Å². The zero-order valence-electron chi connectivity index (χ0n) is 10.0. The molecule has 0 bridgehead atoms. The molecule has 100 valence electrons. The largest absolute Gasteiger partial charge is 0.240 e. The third-order valence-electron chi connectivity index (χ3n) is 3.55. The minimum Gasteiger partial charge on any atom is -0.211 e. The maximum absolute atomic E-state index is 13.3. The van der Waals surface area contributed by atoms with Gasteiger partial charge in [0.2, 0.25) is 10.0 Å². The van der Waals surface area contributed by atoms with Crippen molar-refractivity contribution in [1.29, 1.82) is 0 Å². The van der Waals surface area contributed by atoms with E-state index in [4.69, 9.17) is 0 Å². The monoisotopic (exact) mass is 335 g/mol. The van der Waals surface area contributed by atoms with Gasteiger partial charge in [-0.05, 0) is 58.8 Å². The number of benzene rings is 1. The van der Waals surface area contributed by atoms with Gasteiger partial charge in [0, 0.05) is 6.54 Å². The summed E-state index contributed by atoms with van der Waals surface area (Å²) in [6, 6.07) is 3.82. The van der Waals surface area contributed by atoms with E-state index in [1.165, 1.54) is 12.1 Å². The number of rotatable bonds is 5. The SMILES string of the molecule is CCC1(CNS(=O)(=O)c2ccc(Br)c(F)c2)CC1. The van der Waals surface area contributed by atoms with Gasteiger partial charge in [0.1, 0.15) is 5.82 Å². The molecule has 18 heavy (non-hydrogen) atoms. The second kappa shape index (κ2) is 4.90. The lowest BCUT2D eigenvalue weighted by molar-refractivity contribution is 0.475.